The van der Waals surface area contributed by atoms with E-state index >= 15 is 28.8 Å². The van der Waals surface area contributed by atoms with Gasteiger partial charge in [0.05, 0.1) is 18.9 Å². The van der Waals surface area contributed by atoms with Gasteiger partial charge in [-0.2, -0.15) is 0 Å². The van der Waals surface area contributed by atoms with E-state index in [9.17, 15) is 73.2 Å². The number of carboxylic acids is 3. The second-order valence-corrected chi connectivity index (χ2v) is 30.9. The van der Waals surface area contributed by atoms with Gasteiger partial charge in [0.2, 0.25) is 70.9 Å². The Morgan fingerprint density at radius 1 is 0.580 bits per heavy atom. The number of H-pyrrole nitrogens is 1. The monoisotopic (exact) mass is 1670 g/mol. The molecule has 13 atom stereocenters. The van der Waals surface area contributed by atoms with Crippen LogP contribution >= 0.6 is 0 Å². The molecule has 119 heavy (non-hydrogen) atoms. The molecule has 3 aliphatic rings. The fourth-order valence-electron chi connectivity index (χ4n) is 14.5. The molecule has 3 saturated heterocycles. The number of para-hydroxylation sites is 1. The molecule has 1 aromatic heterocycles. The van der Waals surface area contributed by atoms with Crippen LogP contribution in [0.5, 0.6) is 5.75 Å². The Morgan fingerprint density at radius 3 is 1.81 bits per heavy atom. The first-order valence-electron chi connectivity index (χ1n) is 40.1. The van der Waals surface area contributed by atoms with E-state index < -0.39 is 224 Å². The number of nitrogens with one attached hydrogen (secondary N) is 10. The number of phenols is 1. The molecule has 3 aromatic rings. The molecular weight excluding hydrogens is 1550 g/mol. The van der Waals surface area contributed by atoms with Gasteiger partial charge in [0.25, 0.3) is 11.8 Å². The molecule has 41 nitrogen and oxygen atoms in total. The number of nitrogens with two attached hydrogens (primary N) is 6. The third-order valence-electron chi connectivity index (χ3n) is 20.6. The number of aliphatic imine (C=N–C) groups is 1. The lowest BCUT2D eigenvalue weighted by Crippen LogP contribution is -2.64. The number of primary amides is 1. The maximum atomic E-state index is 16.4. The molecule has 0 saturated carbocycles. The molecule has 4 heterocycles. The van der Waals surface area contributed by atoms with Crippen molar-refractivity contribution in [2.24, 2.45) is 51.2 Å². The average Bonchev–Trinajstić information content (AvgIpc) is 1.77. The van der Waals surface area contributed by atoms with Crippen LogP contribution in [0.2, 0.25) is 0 Å². The first-order chi connectivity index (χ1) is 56.4. The number of guanidine groups is 1. The molecule has 0 bridgehead atoms. The zero-order valence-electron chi connectivity index (χ0n) is 67.4. The maximum Gasteiger partial charge on any atom is 0.326 e. The van der Waals surface area contributed by atoms with E-state index in [1.165, 1.54) is 29.2 Å². The van der Waals surface area contributed by atoms with E-state index in [1.807, 2.05) is 0 Å². The summed E-state index contributed by atoms with van der Waals surface area (Å²) in [7, 11) is 0. The predicted octanol–water partition coefficient (Wildman–Crippen LogP) is -3.45. The minimum absolute atomic E-state index is 0.00368. The van der Waals surface area contributed by atoms with Crippen LogP contribution in [0.25, 0.3) is 10.9 Å². The highest BCUT2D eigenvalue weighted by Gasteiger charge is 2.49. The van der Waals surface area contributed by atoms with E-state index in [0.717, 1.165) is 4.90 Å². The number of hydrogen-bond donors (Lipinski definition) is 20. The zero-order valence-corrected chi connectivity index (χ0v) is 67.4. The molecule has 0 unspecified atom stereocenters. The van der Waals surface area contributed by atoms with Crippen molar-refractivity contribution in [3.63, 3.8) is 0 Å². The van der Waals surface area contributed by atoms with Crippen LogP contribution in [-0.2, 0) is 94.3 Å². The van der Waals surface area contributed by atoms with Crippen molar-refractivity contribution in [2.75, 3.05) is 32.7 Å². The number of benzene rings is 2. The smallest absolute Gasteiger partial charge is 0.326 e. The van der Waals surface area contributed by atoms with E-state index in [4.69, 9.17) is 34.4 Å². The normalized spacial score (nSPS) is 19.7. The second kappa shape index (κ2) is 46.9. The van der Waals surface area contributed by atoms with Crippen LogP contribution < -0.4 is 82.3 Å². The third-order valence-corrected chi connectivity index (χ3v) is 20.6. The van der Waals surface area contributed by atoms with Gasteiger partial charge in [-0.1, -0.05) is 58.0 Å². The number of carbonyl (C=O) groups excluding carboxylic acids is 14. The molecule has 3 fully saturated rings. The number of aliphatic carboxylic acids is 3. The number of aromatic nitrogens is 1. The number of likely N-dealkylation sites (tertiary alicyclic amines) is 1. The number of fused-ring (bicyclic) bond motifs is 2. The van der Waals surface area contributed by atoms with Gasteiger partial charge in [-0.25, -0.2) is 4.79 Å². The van der Waals surface area contributed by atoms with Crippen LogP contribution in [0.3, 0.4) is 0 Å². The first-order valence-corrected chi connectivity index (χ1v) is 40.1. The molecule has 3 aliphatic heterocycles. The lowest BCUT2D eigenvalue weighted by atomic mass is 10.00. The number of imide groups is 1. The quantitative estimate of drug-likeness (QED) is 0.0113. The Morgan fingerprint density at radius 2 is 1.16 bits per heavy atom. The summed E-state index contributed by atoms with van der Waals surface area (Å²) in [6.45, 7) is 6.38. The first kappa shape index (κ1) is 96.0. The summed E-state index contributed by atoms with van der Waals surface area (Å²) in [5.74, 6) is -21.1. The van der Waals surface area contributed by atoms with E-state index in [2.05, 4.69) is 57.8 Å². The number of amides is 14. The molecule has 0 radical (unpaired) electrons. The SMILES string of the molecule is CC(C)C[C@H](NC(=O)C[C@@H]1NC(=O)[C@H](Cc2c[nH]c3ccccc23)NC(=O)[C@@H]2CCCN2C(=O)[C@H](CCCCN)NC(=O)[C@@H](CCCN=C(N)N)N(C(=O)[C@@H]2CCCN2C(=O)[C@H](CCCCN)NC(=O)[C@H](CC(N)=O)NC(=O)[C@H](CCC(=O)O)NC(=O)[C@H](Cc2ccc(O)cc2)NC(=O)[C@H](CC(C)C)NC(=O)[C@@H](N)CCC(=O)O)C1=O)C(=O)O. The molecule has 0 aliphatic carbocycles. The van der Waals surface area contributed by atoms with Gasteiger partial charge in [0.1, 0.15) is 78.3 Å². The fourth-order valence-corrected chi connectivity index (χ4v) is 14.5. The standard InChI is InChI=1S/C78H116N20O21/c1-41(2)34-52(91-65(106)47(81)25-27-63(102)103)67(108)92-53(36-43-21-23-45(99)24-22-43)68(109)88-49(26-28-64(104)105)66(107)93-55(38-61(82)100)70(111)89-50(16-7-9-29-79)74(115)97-33-13-20-60(97)76(117)98-59(18-11-31-85-78(83)84)72(113)90-51(17-8-10-30-80)73(114)96-32-12-19-58(96)71(112)94-54(37-44-40-86-48-15-6-5-14-46(44)48)69(110)95-56(75(98)116)39-62(101)87-57(77(118)119)35-42(3)4/h5-6,14-15,21-24,40-42,47,49-60,86,99H,7-13,16-20,25-39,79-81H2,1-4H3,(H2,82,100)(H,87,101)(H,88,109)(H,89,111)(H,90,113)(H,91,106)(H,92,108)(H,93,107)(H,94,112)(H,95,110)(H,102,103)(H,104,105)(H,118,119)(H4,83,84,85)/t47-,49-,50-,51-,52-,53-,54-,55-,56-,57-,58-,59+,60-/m0/s1. The number of unbranched alkanes of at least 4 members (excludes halogenated alkanes) is 2. The molecule has 6 rings (SSSR count). The highest BCUT2D eigenvalue weighted by molar-refractivity contribution is 6.09. The number of carboxylic acid groups (broad SMARTS) is 3. The van der Waals surface area contributed by atoms with Gasteiger partial charge in [0.15, 0.2) is 5.96 Å². The summed E-state index contributed by atoms with van der Waals surface area (Å²) >= 11 is 0. The van der Waals surface area contributed by atoms with Crippen molar-refractivity contribution in [1.82, 2.24) is 67.5 Å². The van der Waals surface area contributed by atoms with E-state index in [-0.39, 0.29) is 140 Å². The molecule has 41 heteroatoms. The van der Waals surface area contributed by atoms with Crippen molar-refractivity contribution in [3.8, 4) is 5.75 Å². The van der Waals surface area contributed by atoms with Gasteiger partial charge in [-0.15, -0.1) is 0 Å². The molecule has 14 amide bonds. The summed E-state index contributed by atoms with van der Waals surface area (Å²) < 4.78 is 0. The van der Waals surface area contributed by atoms with Crippen LogP contribution in [0, 0.1) is 11.8 Å². The number of aromatic hydroxyl groups is 1. The summed E-state index contributed by atoms with van der Waals surface area (Å²) in [6.07, 6.45) is -4.11. The Bertz CT molecular complexity index is 4130. The van der Waals surface area contributed by atoms with E-state index in [1.54, 1.807) is 58.2 Å². The predicted molar refractivity (Wildman–Crippen MR) is 429 cm³/mol. The van der Waals surface area contributed by atoms with Gasteiger partial charge >= 0.3 is 17.9 Å². The number of hydrogen-bond acceptors (Lipinski definition) is 22. The van der Waals surface area contributed by atoms with Crippen LogP contribution in [0.15, 0.2) is 59.7 Å². The van der Waals surface area contributed by atoms with Crippen molar-refractivity contribution < 1.29 is 102 Å². The Kier molecular flexibility index (Phi) is 37.8. The molecule has 0 spiro atoms. The number of rotatable bonds is 44. The Labute approximate surface area is 687 Å². The maximum absolute atomic E-state index is 16.4. The average molecular weight is 1670 g/mol. The van der Waals surface area contributed by atoms with Gasteiger partial charge in [-0.3, -0.25) is 86.6 Å². The zero-order chi connectivity index (χ0) is 87.9. The van der Waals surface area contributed by atoms with Crippen LogP contribution in [0.1, 0.15) is 167 Å². The number of nitrogens with zero attached hydrogens (tertiary/aromatic N) is 4. The largest absolute Gasteiger partial charge is 0.508 e. The molecule has 2 aromatic carbocycles. The summed E-state index contributed by atoms with van der Waals surface area (Å²) in [5, 5.41) is 63.0. The van der Waals surface area contributed by atoms with Crippen molar-refractivity contribution >= 4 is 117 Å². The number of phenolic OH excluding ortho intramolecular Hbond substituents is 1. The molecular formula is C78H116N20O21. The van der Waals surface area contributed by atoms with E-state index in [0.29, 0.717) is 39.8 Å². The Balaban J connectivity index is 1.44. The highest BCUT2D eigenvalue weighted by atomic mass is 16.4. The number of aromatic amines is 1. The highest BCUT2D eigenvalue weighted by Crippen LogP contribution is 2.28. The Hall–Kier alpha value is -11.9. The lowest BCUT2D eigenvalue weighted by Gasteiger charge is -2.37. The topological polar surface area (TPSA) is 673 Å². The van der Waals surface area contributed by atoms with Crippen molar-refractivity contribution in [3.05, 3.63) is 65.9 Å². The lowest BCUT2D eigenvalue weighted by molar-refractivity contribution is -0.159. The summed E-state index contributed by atoms with van der Waals surface area (Å²) in [6, 6.07) is -9.96. The molecule has 26 N–H and O–H groups in total. The fraction of sp³-hybridized carbons (Fsp3) is 0.590. The van der Waals surface area contributed by atoms with Crippen molar-refractivity contribution in [2.45, 2.75) is 247 Å². The van der Waals surface area contributed by atoms with Gasteiger partial charge < -0.3 is 117 Å². The minimum atomic E-state index is -2.25. The molecule has 654 valence electrons. The summed E-state index contributed by atoms with van der Waals surface area (Å²) in [5.41, 5.74) is 36.4. The van der Waals surface area contributed by atoms with Gasteiger partial charge in [0, 0.05) is 62.4 Å². The van der Waals surface area contributed by atoms with Crippen molar-refractivity contribution in [1.29, 1.82) is 0 Å². The van der Waals surface area contributed by atoms with Crippen LogP contribution in [0.4, 0.5) is 0 Å². The van der Waals surface area contributed by atoms with Crippen LogP contribution in [-0.4, -0.2) is 258 Å². The minimum Gasteiger partial charge on any atom is -0.508 e. The van der Waals surface area contributed by atoms with Gasteiger partial charge in [-0.05, 0) is 157 Å². The number of carbonyl (C=O) groups is 17. The summed E-state index contributed by atoms with van der Waals surface area (Å²) in [4.78, 5) is 255. The second-order valence-electron chi connectivity index (χ2n) is 30.9. The third kappa shape index (κ3) is 29.6.